The molecule has 6 heteroatoms. The minimum absolute atomic E-state index is 0.0209. The molecule has 1 amide bonds. The van der Waals surface area contributed by atoms with Crippen molar-refractivity contribution >= 4 is 21.8 Å². The first-order valence-electron chi connectivity index (χ1n) is 6.55. The van der Waals surface area contributed by atoms with Crippen LogP contribution in [-0.4, -0.2) is 43.7 Å². The first kappa shape index (κ1) is 15.4. The summed E-state index contributed by atoms with van der Waals surface area (Å²) in [5, 5.41) is 3.24. The maximum atomic E-state index is 13.7. The van der Waals surface area contributed by atoms with Crippen LogP contribution in [0.25, 0.3) is 0 Å². The number of ether oxygens (including phenoxy) is 1. The van der Waals surface area contributed by atoms with Gasteiger partial charge in [0.1, 0.15) is 5.82 Å². The summed E-state index contributed by atoms with van der Waals surface area (Å²) in [7, 11) is 1.69. The first-order valence-corrected chi connectivity index (χ1v) is 7.34. The Labute approximate surface area is 126 Å². The summed E-state index contributed by atoms with van der Waals surface area (Å²) in [5.74, 6) is -0.320. The van der Waals surface area contributed by atoms with Crippen molar-refractivity contribution in [2.75, 3.05) is 26.8 Å². The van der Waals surface area contributed by atoms with Crippen molar-refractivity contribution in [2.45, 2.75) is 19.0 Å². The average molecular weight is 345 g/mol. The minimum atomic E-state index is -0.299. The third-order valence-electron chi connectivity index (χ3n) is 3.26. The number of hydrogen-bond acceptors (Lipinski definition) is 3. The van der Waals surface area contributed by atoms with E-state index in [0.29, 0.717) is 25.2 Å². The molecule has 1 aliphatic rings. The molecule has 20 heavy (non-hydrogen) atoms. The molecule has 0 bridgehead atoms. The molecule has 0 aromatic heterocycles. The minimum Gasteiger partial charge on any atom is -0.378 e. The van der Waals surface area contributed by atoms with Crippen molar-refractivity contribution in [3.8, 4) is 0 Å². The highest BCUT2D eigenvalue weighted by atomic mass is 79.9. The third kappa shape index (κ3) is 4.26. The Kier molecular flexibility index (Phi) is 5.51. The van der Waals surface area contributed by atoms with E-state index in [4.69, 9.17) is 4.74 Å². The van der Waals surface area contributed by atoms with E-state index in [2.05, 4.69) is 21.2 Å². The molecule has 0 saturated carbocycles. The van der Waals surface area contributed by atoms with Crippen LogP contribution in [0.5, 0.6) is 0 Å². The molecule has 1 atom stereocenters. The molecular formula is C14H18BrFN2O2. The number of halogens is 2. The van der Waals surface area contributed by atoms with Gasteiger partial charge in [0.2, 0.25) is 5.91 Å². The molecule has 1 saturated heterocycles. The topological polar surface area (TPSA) is 41.6 Å². The van der Waals surface area contributed by atoms with E-state index in [1.165, 1.54) is 6.07 Å². The fourth-order valence-electron chi connectivity index (χ4n) is 2.13. The van der Waals surface area contributed by atoms with Gasteiger partial charge in [-0.1, -0.05) is 15.9 Å². The molecular weight excluding hydrogens is 327 g/mol. The molecule has 4 nitrogen and oxygen atoms in total. The molecule has 1 aromatic carbocycles. The number of nitrogens with one attached hydrogen (secondary N) is 1. The summed E-state index contributed by atoms with van der Waals surface area (Å²) in [4.78, 5) is 13.7. The maximum Gasteiger partial charge on any atom is 0.224 e. The van der Waals surface area contributed by atoms with Gasteiger partial charge >= 0.3 is 0 Å². The summed E-state index contributed by atoms with van der Waals surface area (Å²) in [6.07, 6.45) is 0.367. The van der Waals surface area contributed by atoms with E-state index < -0.39 is 0 Å². The molecule has 1 unspecified atom stereocenters. The van der Waals surface area contributed by atoms with Gasteiger partial charge in [-0.3, -0.25) is 4.79 Å². The second kappa shape index (κ2) is 7.15. The zero-order valence-corrected chi connectivity index (χ0v) is 13.0. The normalized spacial score (nSPS) is 18.9. The van der Waals surface area contributed by atoms with Crippen LogP contribution in [0.15, 0.2) is 22.7 Å². The van der Waals surface area contributed by atoms with Gasteiger partial charge in [0.15, 0.2) is 0 Å². The van der Waals surface area contributed by atoms with E-state index in [0.717, 1.165) is 11.0 Å². The summed E-state index contributed by atoms with van der Waals surface area (Å²) in [5.41, 5.74) is 0.503. The van der Waals surface area contributed by atoms with E-state index in [9.17, 15) is 9.18 Å². The van der Waals surface area contributed by atoms with Crippen LogP contribution in [-0.2, 0) is 16.1 Å². The van der Waals surface area contributed by atoms with Gasteiger partial charge in [-0.2, -0.15) is 0 Å². The molecule has 1 N–H and O–H groups in total. The monoisotopic (exact) mass is 344 g/mol. The first-order chi connectivity index (χ1) is 9.56. The van der Waals surface area contributed by atoms with Gasteiger partial charge < -0.3 is 15.0 Å². The van der Waals surface area contributed by atoms with E-state index in [1.807, 2.05) is 0 Å². The fraction of sp³-hybridized carbons (Fsp3) is 0.500. The Morgan fingerprint density at radius 1 is 1.60 bits per heavy atom. The van der Waals surface area contributed by atoms with Gasteiger partial charge in [0.05, 0.1) is 13.2 Å². The fourth-order valence-corrected chi connectivity index (χ4v) is 2.53. The highest BCUT2D eigenvalue weighted by molar-refractivity contribution is 9.10. The van der Waals surface area contributed by atoms with E-state index >= 15 is 0 Å². The van der Waals surface area contributed by atoms with Crippen LogP contribution in [0.3, 0.4) is 0 Å². The number of carbonyl (C=O) groups excluding carboxylic acids is 1. The SMILES string of the molecule is CN(Cc1cc(Br)ccc1F)C(=O)CC1COCCN1. The number of amides is 1. The predicted molar refractivity (Wildman–Crippen MR) is 77.8 cm³/mol. The number of nitrogens with zero attached hydrogens (tertiary/aromatic N) is 1. The van der Waals surface area contributed by atoms with Crippen molar-refractivity contribution in [3.63, 3.8) is 0 Å². The molecule has 1 fully saturated rings. The van der Waals surface area contributed by atoms with Gasteiger partial charge in [0.25, 0.3) is 0 Å². The Hall–Kier alpha value is -0.980. The predicted octanol–water partition coefficient (Wildman–Crippen LogP) is 1.93. The van der Waals surface area contributed by atoms with Crippen LogP contribution in [0, 0.1) is 5.82 Å². The number of carbonyl (C=O) groups is 1. The summed E-state index contributed by atoms with van der Waals surface area (Å²) < 4.78 is 19.8. The van der Waals surface area contributed by atoms with Crippen LogP contribution < -0.4 is 5.32 Å². The highest BCUT2D eigenvalue weighted by Gasteiger charge is 2.20. The standard InChI is InChI=1S/C14H18BrFN2O2/c1-18(8-10-6-11(15)2-3-13(10)16)14(19)7-12-9-20-5-4-17-12/h2-3,6,12,17H,4-5,7-9H2,1H3. The molecule has 110 valence electrons. The number of benzene rings is 1. The van der Waals surface area contributed by atoms with E-state index in [-0.39, 0.29) is 24.3 Å². The Balaban J connectivity index is 1.91. The lowest BCUT2D eigenvalue weighted by Gasteiger charge is -2.25. The Morgan fingerprint density at radius 2 is 2.40 bits per heavy atom. The lowest BCUT2D eigenvalue weighted by molar-refractivity contribution is -0.131. The zero-order chi connectivity index (χ0) is 14.5. The number of rotatable bonds is 4. The van der Waals surface area contributed by atoms with Crippen molar-refractivity contribution < 1.29 is 13.9 Å². The number of hydrogen-bond donors (Lipinski definition) is 1. The van der Waals surface area contributed by atoms with Gasteiger partial charge in [-0.05, 0) is 18.2 Å². The van der Waals surface area contributed by atoms with E-state index in [1.54, 1.807) is 24.1 Å². The lowest BCUT2D eigenvalue weighted by atomic mass is 10.1. The highest BCUT2D eigenvalue weighted by Crippen LogP contribution is 2.17. The van der Waals surface area contributed by atoms with Crippen LogP contribution >= 0.6 is 15.9 Å². The molecule has 2 rings (SSSR count). The molecule has 0 aliphatic carbocycles. The molecule has 1 aliphatic heterocycles. The van der Waals surface area contributed by atoms with Crippen molar-refractivity contribution in [2.24, 2.45) is 0 Å². The Bertz CT molecular complexity index is 478. The third-order valence-corrected chi connectivity index (χ3v) is 3.75. The van der Waals surface area contributed by atoms with Gasteiger partial charge in [0, 0.05) is 42.6 Å². The molecule has 0 spiro atoms. The van der Waals surface area contributed by atoms with Gasteiger partial charge in [-0.15, -0.1) is 0 Å². The molecule has 1 aromatic rings. The second-order valence-corrected chi connectivity index (χ2v) is 5.83. The van der Waals surface area contributed by atoms with Crippen LogP contribution in [0.2, 0.25) is 0 Å². The van der Waals surface area contributed by atoms with Crippen LogP contribution in [0.4, 0.5) is 4.39 Å². The summed E-state index contributed by atoms with van der Waals surface area (Å²) in [6.45, 7) is 2.26. The summed E-state index contributed by atoms with van der Waals surface area (Å²) >= 11 is 3.31. The summed E-state index contributed by atoms with van der Waals surface area (Å²) in [6, 6.07) is 4.78. The van der Waals surface area contributed by atoms with Crippen LogP contribution in [0.1, 0.15) is 12.0 Å². The zero-order valence-electron chi connectivity index (χ0n) is 11.4. The lowest BCUT2D eigenvalue weighted by Crippen LogP contribution is -2.44. The average Bonchev–Trinajstić information content (AvgIpc) is 2.44. The van der Waals surface area contributed by atoms with Crippen molar-refractivity contribution in [1.82, 2.24) is 10.2 Å². The number of morpholine rings is 1. The molecule has 1 heterocycles. The Morgan fingerprint density at radius 3 is 3.10 bits per heavy atom. The second-order valence-electron chi connectivity index (χ2n) is 4.92. The van der Waals surface area contributed by atoms with Crippen molar-refractivity contribution in [3.05, 3.63) is 34.1 Å². The maximum absolute atomic E-state index is 13.7. The molecule has 0 radical (unpaired) electrons. The van der Waals surface area contributed by atoms with Crippen molar-refractivity contribution in [1.29, 1.82) is 0 Å². The quantitative estimate of drug-likeness (QED) is 0.907. The largest absolute Gasteiger partial charge is 0.378 e. The smallest absolute Gasteiger partial charge is 0.224 e. The van der Waals surface area contributed by atoms with Gasteiger partial charge in [-0.25, -0.2) is 4.39 Å².